The summed E-state index contributed by atoms with van der Waals surface area (Å²) in [4.78, 5) is 22.5. The van der Waals surface area contributed by atoms with Crippen LogP contribution in [0.15, 0.2) is 24.3 Å². The molecule has 0 aromatic heterocycles. The SMILES string of the molecule is O=C(NCC1CCSC1)Nc1cccc(C(=O)O)c1. The zero-order chi connectivity index (χ0) is 13.7. The van der Waals surface area contributed by atoms with Gasteiger partial charge in [0.2, 0.25) is 0 Å². The number of carboxylic acids is 1. The summed E-state index contributed by atoms with van der Waals surface area (Å²) in [6.45, 7) is 0.664. The monoisotopic (exact) mass is 280 g/mol. The van der Waals surface area contributed by atoms with Crippen LogP contribution in [0.1, 0.15) is 16.8 Å². The van der Waals surface area contributed by atoms with Crippen molar-refractivity contribution in [2.75, 3.05) is 23.4 Å². The summed E-state index contributed by atoms with van der Waals surface area (Å²) in [6, 6.07) is 5.90. The second-order valence-electron chi connectivity index (χ2n) is 4.45. The Kier molecular flexibility index (Phi) is 4.68. The van der Waals surface area contributed by atoms with E-state index in [9.17, 15) is 9.59 Å². The van der Waals surface area contributed by atoms with E-state index >= 15 is 0 Å². The van der Waals surface area contributed by atoms with Gasteiger partial charge in [-0.25, -0.2) is 9.59 Å². The second-order valence-corrected chi connectivity index (χ2v) is 5.60. The zero-order valence-corrected chi connectivity index (χ0v) is 11.2. The van der Waals surface area contributed by atoms with Crippen LogP contribution in [0.5, 0.6) is 0 Å². The Balaban J connectivity index is 1.84. The van der Waals surface area contributed by atoms with Crippen LogP contribution in [0.4, 0.5) is 10.5 Å². The number of thioether (sulfide) groups is 1. The van der Waals surface area contributed by atoms with E-state index in [0.29, 0.717) is 18.2 Å². The van der Waals surface area contributed by atoms with Crippen LogP contribution in [-0.4, -0.2) is 35.2 Å². The fourth-order valence-corrected chi connectivity index (χ4v) is 3.17. The van der Waals surface area contributed by atoms with Crippen molar-refractivity contribution in [1.82, 2.24) is 5.32 Å². The number of amides is 2. The fraction of sp³-hybridized carbons (Fsp3) is 0.385. The smallest absolute Gasteiger partial charge is 0.335 e. The molecule has 1 aliphatic rings. The first-order valence-electron chi connectivity index (χ1n) is 6.11. The van der Waals surface area contributed by atoms with Gasteiger partial charge < -0.3 is 15.7 Å². The Morgan fingerprint density at radius 1 is 1.42 bits per heavy atom. The van der Waals surface area contributed by atoms with Crippen molar-refractivity contribution in [1.29, 1.82) is 0 Å². The molecule has 1 heterocycles. The molecule has 0 saturated carbocycles. The average Bonchev–Trinajstić information content (AvgIpc) is 2.90. The molecule has 3 N–H and O–H groups in total. The summed E-state index contributed by atoms with van der Waals surface area (Å²) in [7, 11) is 0. The summed E-state index contributed by atoms with van der Waals surface area (Å²) in [5.41, 5.74) is 0.642. The Morgan fingerprint density at radius 2 is 2.26 bits per heavy atom. The Labute approximate surface area is 115 Å². The quantitative estimate of drug-likeness (QED) is 0.790. The van der Waals surface area contributed by atoms with E-state index in [2.05, 4.69) is 10.6 Å². The Morgan fingerprint density at radius 3 is 2.95 bits per heavy atom. The van der Waals surface area contributed by atoms with Crippen LogP contribution in [-0.2, 0) is 0 Å². The first kappa shape index (κ1) is 13.7. The van der Waals surface area contributed by atoms with Crippen molar-refractivity contribution in [3.8, 4) is 0 Å². The highest BCUT2D eigenvalue weighted by atomic mass is 32.2. The summed E-state index contributed by atoms with van der Waals surface area (Å²) >= 11 is 1.91. The van der Waals surface area contributed by atoms with Gasteiger partial charge in [0.05, 0.1) is 5.56 Å². The molecule has 1 aromatic rings. The highest BCUT2D eigenvalue weighted by Gasteiger charge is 2.16. The van der Waals surface area contributed by atoms with Crippen LogP contribution >= 0.6 is 11.8 Å². The molecule has 0 spiro atoms. The first-order valence-corrected chi connectivity index (χ1v) is 7.26. The lowest BCUT2D eigenvalue weighted by molar-refractivity contribution is 0.0697. The zero-order valence-electron chi connectivity index (χ0n) is 10.4. The third kappa shape index (κ3) is 4.17. The predicted octanol–water partition coefficient (Wildman–Crippen LogP) is 2.26. The molecule has 1 aliphatic heterocycles. The largest absolute Gasteiger partial charge is 0.478 e. The molecule has 0 radical (unpaired) electrons. The third-order valence-corrected chi connectivity index (χ3v) is 4.17. The van der Waals surface area contributed by atoms with E-state index in [1.54, 1.807) is 12.1 Å². The Bertz CT molecular complexity index is 473. The van der Waals surface area contributed by atoms with Crippen molar-refractivity contribution in [2.24, 2.45) is 5.92 Å². The summed E-state index contributed by atoms with van der Waals surface area (Å²) in [6.07, 6.45) is 1.14. The highest BCUT2D eigenvalue weighted by molar-refractivity contribution is 7.99. The maximum Gasteiger partial charge on any atom is 0.335 e. The molecule has 1 fully saturated rings. The van der Waals surface area contributed by atoms with Gasteiger partial charge in [0.15, 0.2) is 0 Å². The standard InChI is InChI=1S/C13H16N2O3S/c16-12(17)10-2-1-3-11(6-10)15-13(18)14-7-9-4-5-19-8-9/h1-3,6,9H,4-5,7-8H2,(H,16,17)(H2,14,15,18). The number of aromatic carboxylic acids is 1. The Hall–Kier alpha value is -1.69. The lowest BCUT2D eigenvalue weighted by atomic mass is 10.1. The molecule has 1 aromatic carbocycles. The third-order valence-electron chi connectivity index (χ3n) is 2.94. The maximum atomic E-state index is 11.7. The van der Waals surface area contributed by atoms with Crippen LogP contribution in [0.2, 0.25) is 0 Å². The molecule has 19 heavy (non-hydrogen) atoms. The molecule has 1 unspecified atom stereocenters. The van der Waals surface area contributed by atoms with Gasteiger partial charge in [-0.2, -0.15) is 11.8 Å². The van der Waals surface area contributed by atoms with Gasteiger partial charge in [-0.1, -0.05) is 6.07 Å². The van der Waals surface area contributed by atoms with Gasteiger partial charge in [0, 0.05) is 12.2 Å². The second kappa shape index (κ2) is 6.47. The normalized spacial score (nSPS) is 18.0. The molecular weight excluding hydrogens is 264 g/mol. The van der Waals surface area contributed by atoms with E-state index in [-0.39, 0.29) is 11.6 Å². The maximum absolute atomic E-state index is 11.7. The molecule has 1 saturated heterocycles. The number of nitrogens with one attached hydrogen (secondary N) is 2. The number of benzene rings is 1. The molecule has 0 bridgehead atoms. The molecule has 1 atom stereocenters. The molecule has 5 nitrogen and oxygen atoms in total. The lowest BCUT2D eigenvalue weighted by Gasteiger charge is -2.11. The van der Waals surface area contributed by atoms with E-state index in [1.165, 1.54) is 12.1 Å². The number of urea groups is 1. The minimum atomic E-state index is -1.01. The van der Waals surface area contributed by atoms with Crippen LogP contribution in [0, 0.1) is 5.92 Å². The van der Waals surface area contributed by atoms with E-state index < -0.39 is 5.97 Å². The minimum Gasteiger partial charge on any atom is -0.478 e. The van der Waals surface area contributed by atoms with Gasteiger partial charge in [0.25, 0.3) is 0 Å². The number of rotatable bonds is 4. The molecule has 6 heteroatoms. The van der Waals surface area contributed by atoms with Crippen LogP contribution in [0.25, 0.3) is 0 Å². The average molecular weight is 280 g/mol. The number of hydrogen-bond acceptors (Lipinski definition) is 3. The van der Waals surface area contributed by atoms with Gasteiger partial charge in [-0.05, 0) is 42.0 Å². The van der Waals surface area contributed by atoms with E-state index in [4.69, 9.17) is 5.11 Å². The molecular formula is C13H16N2O3S. The lowest BCUT2D eigenvalue weighted by Crippen LogP contribution is -2.33. The summed E-state index contributed by atoms with van der Waals surface area (Å²) in [5, 5.41) is 14.3. The highest BCUT2D eigenvalue weighted by Crippen LogP contribution is 2.22. The predicted molar refractivity (Wildman–Crippen MR) is 75.9 cm³/mol. The van der Waals surface area contributed by atoms with Gasteiger partial charge in [0.1, 0.15) is 0 Å². The van der Waals surface area contributed by atoms with Crippen molar-refractivity contribution in [2.45, 2.75) is 6.42 Å². The summed E-state index contributed by atoms with van der Waals surface area (Å²) in [5.74, 6) is 1.79. The minimum absolute atomic E-state index is 0.157. The molecule has 2 amide bonds. The van der Waals surface area contributed by atoms with Gasteiger partial charge >= 0.3 is 12.0 Å². The number of carbonyl (C=O) groups excluding carboxylic acids is 1. The number of anilines is 1. The molecule has 2 rings (SSSR count). The topological polar surface area (TPSA) is 78.4 Å². The van der Waals surface area contributed by atoms with Gasteiger partial charge in [-0.3, -0.25) is 0 Å². The van der Waals surface area contributed by atoms with Crippen LogP contribution in [0.3, 0.4) is 0 Å². The number of carbonyl (C=O) groups is 2. The van der Waals surface area contributed by atoms with Crippen molar-refractivity contribution >= 4 is 29.4 Å². The number of carboxylic acid groups (broad SMARTS) is 1. The summed E-state index contributed by atoms with van der Waals surface area (Å²) < 4.78 is 0. The van der Waals surface area contributed by atoms with Crippen molar-refractivity contribution in [3.05, 3.63) is 29.8 Å². The van der Waals surface area contributed by atoms with Crippen LogP contribution < -0.4 is 10.6 Å². The molecule has 102 valence electrons. The van der Waals surface area contributed by atoms with Crippen molar-refractivity contribution < 1.29 is 14.7 Å². The number of hydrogen-bond donors (Lipinski definition) is 3. The first-order chi connectivity index (χ1) is 9.15. The van der Waals surface area contributed by atoms with E-state index in [1.807, 2.05) is 11.8 Å². The molecule has 0 aliphatic carbocycles. The fourth-order valence-electron chi connectivity index (χ4n) is 1.89. The van der Waals surface area contributed by atoms with E-state index in [0.717, 1.165) is 17.9 Å². The van der Waals surface area contributed by atoms with Crippen molar-refractivity contribution in [3.63, 3.8) is 0 Å². The van der Waals surface area contributed by atoms with Gasteiger partial charge in [-0.15, -0.1) is 0 Å².